The second-order valence-electron chi connectivity index (χ2n) is 3.34. The predicted octanol–water partition coefficient (Wildman–Crippen LogP) is 1.03. The third kappa shape index (κ3) is 3.90. The topological polar surface area (TPSA) is 94.8 Å². The Hall–Kier alpha value is -0.440. The van der Waals surface area contributed by atoms with Gasteiger partial charge in [0.1, 0.15) is 5.90 Å². The minimum atomic E-state index is -4.48. The maximum Gasteiger partial charge on any atom is 0.335 e. The second kappa shape index (κ2) is 4.20. The summed E-state index contributed by atoms with van der Waals surface area (Å²) in [4.78, 5) is 26.8. The van der Waals surface area contributed by atoms with E-state index in [-0.39, 0.29) is 5.30 Å². The molecular weight excluding hydrogens is 238 g/mol. The molecule has 0 aliphatic heterocycles. The summed E-state index contributed by atoms with van der Waals surface area (Å²) in [5.74, 6) is -1.01. The first kappa shape index (κ1) is 12.6. The average molecular weight is 250 g/mol. The maximum atomic E-state index is 11.6. The van der Waals surface area contributed by atoms with Crippen LogP contribution in [0.3, 0.4) is 0 Å². The molecule has 7 heteroatoms. The molecule has 1 atom stereocenters. The molecule has 1 rings (SSSR count). The summed E-state index contributed by atoms with van der Waals surface area (Å²) in [6.07, 6.45) is 0. The van der Waals surface area contributed by atoms with Crippen molar-refractivity contribution in [3.05, 3.63) is 29.8 Å². The third-order valence-electron chi connectivity index (χ3n) is 1.81. The Balaban J connectivity index is 3.01. The highest BCUT2D eigenvalue weighted by Gasteiger charge is 2.31. The van der Waals surface area contributed by atoms with Crippen molar-refractivity contribution in [1.29, 1.82) is 0 Å². The van der Waals surface area contributed by atoms with Crippen LogP contribution in [0.2, 0.25) is 0 Å². The monoisotopic (exact) mass is 250 g/mol. The fourth-order valence-electron chi connectivity index (χ4n) is 1.11. The Bertz CT molecular complexity index is 433. The number of aryl methyl sites for hydroxylation is 1. The van der Waals surface area contributed by atoms with Crippen LogP contribution >= 0.6 is 15.0 Å². The molecule has 5 nitrogen and oxygen atoms in total. The van der Waals surface area contributed by atoms with Gasteiger partial charge in [0.05, 0.1) is 0 Å². The van der Waals surface area contributed by atoms with E-state index in [0.29, 0.717) is 0 Å². The number of hydrogen-bond donors (Lipinski definition) is 3. The molecule has 15 heavy (non-hydrogen) atoms. The van der Waals surface area contributed by atoms with Crippen LogP contribution in [0.1, 0.15) is 5.56 Å². The standard InChI is InChI=1S/C8H12O5P2/c1-7-2-4-8(5-3-7)14(9,10)6-15(11,12)13/h2-5H,6H2,1H3,(H,9,10)(H2,11,12,13). The van der Waals surface area contributed by atoms with Crippen LogP contribution in [-0.4, -0.2) is 20.6 Å². The van der Waals surface area contributed by atoms with Gasteiger partial charge in [0, 0.05) is 5.30 Å². The molecular formula is C8H12O5P2. The van der Waals surface area contributed by atoms with Gasteiger partial charge in [0.2, 0.25) is 7.37 Å². The molecule has 84 valence electrons. The van der Waals surface area contributed by atoms with Crippen LogP contribution in [-0.2, 0) is 9.13 Å². The highest BCUT2D eigenvalue weighted by molar-refractivity contribution is 7.77. The predicted molar refractivity (Wildman–Crippen MR) is 57.5 cm³/mol. The fraction of sp³-hybridized carbons (Fsp3) is 0.250. The van der Waals surface area contributed by atoms with Gasteiger partial charge in [-0.3, -0.25) is 9.13 Å². The highest BCUT2D eigenvalue weighted by atomic mass is 31.2. The van der Waals surface area contributed by atoms with Crippen molar-refractivity contribution in [2.75, 3.05) is 5.90 Å². The van der Waals surface area contributed by atoms with Gasteiger partial charge >= 0.3 is 7.60 Å². The van der Waals surface area contributed by atoms with E-state index in [1.807, 2.05) is 6.92 Å². The molecule has 0 spiro atoms. The van der Waals surface area contributed by atoms with Crippen molar-refractivity contribution in [3.63, 3.8) is 0 Å². The Labute approximate surface area is 87.4 Å². The first-order chi connectivity index (χ1) is 6.71. The Kier molecular flexibility index (Phi) is 3.54. The van der Waals surface area contributed by atoms with E-state index < -0.39 is 20.9 Å². The quantitative estimate of drug-likeness (QED) is 0.696. The van der Waals surface area contributed by atoms with Gasteiger partial charge in [-0.1, -0.05) is 17.7 Å². The van der Waals surface area contributed by atoms with Crippen LogP contribution in [0.25, 0.3) is 0 Å². The fourth-order valence-corrected chi connectivity index (χ4v) is 4.37. The largest absolute Gasteiger partial charge is 0.341 e. The van der Waals surface area contributed by atoms with Gasteiger partial charge in [-0.2, -0.15) is 0 Å². The lowest BCUT2D eigenvalue weighted by Crippen LogP contribution is -2.07. The molecule has 0 aromatic heterocycles. The Morgan fingerprint density at radius 1 is 1.07 bits per heavy atom. The molecule has 1 aromatic rings. The summed E-state index contributed by atoms with van der Waals surface area (Å²) >= 11 is 0. The van der Waals surface area contributed by atoms with Gasteiger partial charge in [0.25, 0.3) is 0 Å². The minimum Gasteiger partial charge on any atom is -0.341 e. The van der Waals surface area contributed by atoms with Crippen molar-refractivity contribution in [3.8, 4) is 0 Å². The summed E-state index contributed by atoms with van der Waals surface area (Å²) in [7, 11) is -8.43. The van der Waals surface area contributed by atoms with Crippen molar-refractivity contribution < 1.29 is 23.8 Å². The normalized spacial score (nSPS) is 16.0. The molecule has 0 saturated heterocycles. The van der Waals surface area contributed by atoms with Crippen LogP contribution < -0.4 is 5.30 Å². The smallest absolute Gasteiger partial charge is 0.335 e. The van der Waals surface area contributed by atoms with Crippen molar-refractivity contribution in [2.45, 2.75) is 6.92 Å². The first-order valence-corrected chi connectivity index (χ1v) is 7.78. The molecule has 0 saturated carbocycles. The lowest BCUT2D eigenvalue weighted by atomic mass is 10.2. The van der Waals surface area contributed by atoms with E-state index in [4.69, 9.17) is 9.79 Å². The summed E-state index contributed by atoms with van der Waals surface area (Å²) in [5, 5.41) is 0.0661. The summed E-state index contributed by atoms with van der Waals surface area (Å²) in [6, 6.07) is 6.06. The van der Waals surface area contributed by atoms with Gasteiger partial charge < -0.3 is 14.7 Å². The maximum absolute atomic E-state index is 11.6. The Morgan fingerprint density at radius 2 is 1.53 bits per heavy atom. The zero-order valence-corrected chi connectivity index (χ0v) is 9.86. The zero-order chi connectivity index (χ0) is 11.7. The van der Waals surface area contributed by atoms with Gasteiger partial charge in [-0.05, 0) is 19.1 Å². The van der Waals surface area contributed by atoms with Crippen LogP contribution in [0.4, 0.5) is 0 Å². The Morgan fingerprint density at radius 3 is 1.93 bits per heavy atom. The number of benzene rings is 1. The van der Waals surface area contributed by atoms with Crippen LogP contribution in [0.5, 0.6) is 0 Å². The molecule has 1 unspecified atom stereocenters. The first-order valence-electron chi connectivity index (χ1n) is 4.14. The van der Waals surface area contributed by atoms with Gasteiger partial charge in [-0.25, -0.2) is 0 Å². The van der Waals surface area contributed by atoms with Crippen LogP contribution in [0, 0.1) is 6.92 Å². The molecule has 0 amide bonds. The summed E-state index contributed by atoms with van der Waals surface area (Å²) < 4.78 is 22.3. The molecule has 0 aliphatic rings. The molecule has 0 aliphatic carbocycles. The average Bonchev–Trinajstić information content (AvgIpc) is 2.00. The molecule has 0 bridgehead atoms. The van der Waals surface area contributed by atoms with E-state index in [9.17, 15) is 14.0 Å². The highest BCUT2D eigenvalue weighted by Crippen LogP contribution is 2.53. The summed E-state index contributed by atoms with van der Waals surface area (Å²) in [6.45, 7) is 1.81. The zero-order valence-electron chi connectivity index (χ0n) is 8.07. The van der Waals surface area contributed by atoms with E-state index in [1.54, 1.807) is 12.1 Å². The van der Waals surface area contributed by atoms with Crippen molar-refractivity contribution in [1.82, 2.24) is 0 Å². The summed E-state index contributed by atoms with van der Waals surface area (Å²) in [5.41, 5.74) is 0.912. The number of hydrogen-bond acceptors (Lipinski definition) is 2. The molecule has 0 radical (unpaired) electrons. The second-order valence-corrected chi connectivity index (χ2v) is 7.72. The minimum absolute atomic E-state index is 0.0661. The lowest BCUT2D eigenvalue weighted by Gasteiger charge is -2.12. The molecule has 0 heterocycles. The lowest BCUT2D eigenvalue weighted by molar-refractivity contribution is 0.376. The molecule has 3 N–H and O–H groups in total. The van der Waals surface area contributed by atoms with Gasteiger partial charge in [-0.15, -0.1) is 0 Å². The number of rotatable bonds is 3. The van der Waals surface area contributed by atoms with Crippen LogP contribution in [0.15, 0.2) is 24.3 Å². The van der Waals surface area contributed by atoms with E-state index in [2.05, 4.69) is 0 Å². The van der Waals surface area contributed by atoms with Gasteiger partial charge in [0.15, 0.2) is 0 Å². The third-order valence-corrected chi connectivity index (χ3v) is 5.93. The van der Waals surface area contributed by atoms with Crippen molar-refractivity contribution in [2.24, 2.45) is 0 Å². The van der Waals surface area contributed by atoms with E-state index in [1.165, 1.54) is 12.1 Å². The van der Waals surface area contributed by atoms with E-state index >= 15 is 0 Å². The van der Waals surface area contributed by atoms with E-state index in [0.717, 1.165) is 5.56 Å². The molecule has 0 fully saturated rings. The van der Waals surface area contributed by atoms with Crippen molar-refractivity contribution >= 4 is 20.3 Å². The SMILES string of the molecule is Cc1ccc(P(=O)(O)CP(=O)(O)O)cc1. The molecule has 1 aromatic carbocycles.